The first-order chi connectivity index (χ1) is 6.45. The van der Waals surface area contributed by atoms with Gasteiger partial charge in [0.15, 0.2) is 0 Å². The van der Waals surface area contributed by atoms with E-state index in [1.807, 2.05) is 0 Å². The molecule has 1 saturated carbocycles. The van der Waals surface area contributed by atoms with Crippen molar-refractivity contribution in [3.63, 3.8) is 0 Å². The topological polar surface area (TPSA) is 0 Å². The van der Waals surface area contributed by atoms with Gasteiger partial charge in [0, 0.05) is 0 Å². The van der Waals surface area contributed by atoms with Gasteiger partial charge in [-0.1, -0.05) is 58.2 Å². The second kappa shape index (κ2) is 6.58. The molecular weight excluding hydrogens is 255 g/mol. The predicted octanol–water partition coefficient (Wildman–Crippen LogP) is 3.90. The van der Waals surface area contributed by atoms with Crippen molar-refractivity contribution >= 4 is 30.9 Å². The molecule has 78 valence electrons. The highest BCUT2D eigenvalue weighted by Crippen LogP contribution is 2.31. The Labute approximate surface area is 99.0 Å². The lowest BCUT2D eigenvalue weighted by Crippen LogP contribution is -2.10. The Morgan fingerprint density at radius 1 is 0.929 bits per heavy atom. The van der Waals surface area contributed by atoms with Crippen LogP contribution in [0.4, 0.5) is 0 Å². The van der Waals surface area contributed by atoms with E-state index in [-0.39, 0.29) is 17.0 Å². The summed E-state index contributed by atoms with van der Waals surface area (Å²) in [5.41, 5.74) is 0.996. The molecule has 1 aromatic rings. The van der Waals surface area contributed by atoms with Crippen molar-refractivity contribution < 1.29 is 0 Å². The summed E-state index contributed by atoms with van der Waals surface area (Å²) >= 11 is 0. The van der Waals surface area contributed by atoms with Crippen LogP contribution in [0.3, 0.4) is 0 Å². The third kappa shape index (κ3) is 3.71. The second-order valence-corrected chi connectivity index (χ2v) is 5.53. The summed E-state index contributed by atoms with van der Waals surface area (Å²) in [5.74, 6) is 0. The molecule has 0 nitrogen and oxygen atoms in total. The van der Waals surface area contributed by atoms with Crippen LogP contribution >= 0.6 is 25.6 Å². The van der Waals surface area contributed by atoms with Crippen molar-refractivity contribution in [2.24, 2.45) is 0 Å². The molecule has 2 heteroatoms. The monoisotopic (exact) mass is 272 g/mol. The minimum Gasteiger partial charge on any atom is -0.114 e. The lowest BCUT2D eigenvalue weighted by molar-refractivity contribution is 0.514. The molecule has 0 bridgehead atoms. The Morgan fingerprint density at radius 3 is 2.21 bits per heavy atom. The molecule has 0 N–H and O–H groups in total. The first-order valence-electron chi connectivity index (χ1n) is 5.27. The van der Waals surface area contributed by atoms with E-state index in [0.29, 0.717) is 0 Å². The lowest BCUT2D eigenvalue weighted by Gasteiger charge is -2.21. The molecule has 0 aliphatic heterocycles. The summed E-state index contributed by atoms with van der Waals surface area (Å²) in [4.78, 5) is 0. The number of hydrogen-bond donors (Lipinski definition) is 0. The highest BCUT2D eigenvalue weighted by Gasteiger charge is 2.13. The van der Waals surface area contributed by atoms with Gasteiger partial charge in [-0.3, -0.25) is 0 Å². The third-order valence-corrected chi connectivity index (χ3v) is 4.40. The molecule has 0 radical (unpaired) electrons. The van der Waals surface area contributed by atoms with Gasteiger partial charge in [-0.25, -0.2) is 0 Å². The van der Waals surface area contributed by atoms with Crippen LogP contribution < -0.4 is 5.30 Å². The molecule has 0 amide bonds. The van der Waals surface area contributed by atoms with Crippen molar-refractivity contribution in [3.8, 4) is 0 Å². The van der Waals surface area contributed by atoms with Crippen LogP contribution in [-0.2, 0) is 0 Å². The fourth-order valence-electron chi connectivity index (χ4n) is 2.02. The van der Waals surface area contributed by atoms with Crippen molar-refractivity contribution in [3.05, 3.63) is 30.3 Å². The van der Waals surface area contributed by atoms with Gasteiger partial charge in [0.25, 0.3) is 0 Å². The smallest absolute Gasteiger partial charge is 0.0196 e. The van der Waals surface area contributed by atoms with Gasteiger partial charge in [0.05, 0.1) is 0 Å². The summed E-state index contributed by atoms with van der Waals surface area (Å²) in [7, 11) is 1.05. The number of benzene rings is 1. The second-order valence-electron chi connectivity index (χ2n) is 3.85. The highest BCUT2D eigenvalue weighted by molar-refractivity contribution is 8.93. The van der Waals surface area contributed by atoms with Crippen molar-refractivity contribution in [2.75, 3.05) is 0 Å². The van der Waals surface area contributed by atoms with Crippen LogP contribution in [0.15, 0.2) is 30.3 Å². The maximum atomic E-state index is 2.27. The summed E-state index contributed by atoms with van der Waals surface area (Å²) < 4.78 is 0. The number of halogens is 1. The van der Waals surface area contributed by atoms with Crippen LogP contribution in [0.2, 0.25) is 0 Å². The molecule has 1 aromatic carbocycles. The molecule has 1 unspecified atom stereocenters. The average molecular weight is 273 g/mol. The van der Waals surface area contributed by atoms with E-state index in [4.69, 9.17) is 0 Å². The van der Waals surface area contributed by atoms with E-state index in [1.54, 1.807) is 5.30 Å². The van der Waals surface area contributed by atoms with E-state index in [2.05, 4.69) is 30.3 Å². The van der Waals surface area contributed by atoms with Crippen molar-refractivity contribution in [1.29, 1.82) is 0 Å². The van der Waals surface area contributed by atoms with Crippen LogP contribution in [0, 0.1) is 0 Å². The minimum absolute atomic E-state index is 0. The highest BCUT2D eigenvalue weighted by atomic mass is 79.9. The van der Waals surface area contributed by atoms with Crippen LogP contribution in [0.5, 0.6) is 0 Å². The average Bonchev–Trinajstić information content (AvgIpc) is 2.21. The molecule has 14 heavy (non-hydrogen) atoms. The molecule has 0 aromatic heterocycles. The van der Waals surface area contributed by atoms with Gasteiger partial charge in [0.2, 0.25) is 0 Å². The standard InChI is InChI=1S/C12H17P.BrH/c1-3-7-11(8-4-1)13-12-9-5-2-6-10-12;/h1,3-4,7-8,12-13H,2,5-6,9-10H2;1H. The Bertz CT molecular complexity index is 242. The molecule has 2 rings (SSSR count). The number of hydrogen-bond acceptors (Lipinski definition) is 0. The van der Waals surface area contributed by atoms with Gasteiger partial charge >= 0.3 is 0 Å². The van der Waals surface area contributed by atoms with Crippen LogP contribution in [0.25, 0.3) is 0 Å². The Balaban J connectivity index is 0.000000980. The van der Waals surface area contributed by atoms with Gasteiger partial charge in [-0.05, 0) is 23.8 Å². The molecule has 0 saturated heterocycles. The summed E-state index contributed by atoms with van der Waals surface area (Å²) in [6, 6.07) is 11.0. The van der Waals surface area contributed by atoms with Gasteiger partial charge in [-0.15, -0.1) is 17.0 Å². The first-order valence-corrected chi connectivity index (χ1v) is 6.34. The molecule has 1 fully saturated rings. The summed E-state index contributed by atoms with van der Waals surface area (Å²) in [5, 5.41) is 1.55. The Morgan fingerprint density at radius 2 is 1.57 bits per heavy atom. The van der Waals surface area contributed by atoms with Gasteiger partial charge in [0.1, 0.15) is 0 Å². The van der Waals surface area contributed by atoms with Gasteiger partial charge in [-0.2, -0.15) is 0 Å². The maximum Gasteiger partial charge on any atom is -0.0196 e. The fourth-order valence-corrected chi connectivity index (χ4v) is 3.57. The van der Waals surface area contributed by atoms with Gasteiger partial charge < -0.3 is 0 Å². The molecule has 1 aliphatic rings. The lowest BCUT2D eigenvalue weighted by atomic mass is 10.0. The largest absolute Gasteiger partial charge is 0.114 e. The molecule has 0 heterocycles. The zero-order chi connectivity index (χ0) is 8.93. The first kappa shape index (κ1) is 12.2. The van der Waals surface area contributed by atoms with E-state index in [9.17, 15) is 0 Å². The Kier molecular flexibility index (Phi) is 5.74. The maximum absolute atomic E-state index is 2.27. The van der Waals surface area contributed by atoms with Crippen LogP contribution in [0.1, 0.15) is 32.1 Å². The zero-order valence-electron chi connectivity index (χ0n) is 8.41. The molecule has 0 spiro atoms. The van der Waals surface area contributed by atoms with E-state index < -0.39 is 0 Å². The quantitative estimate of drug-likeness (QED) is 0.717. The number of rotatable bonds is 2. The summed E-state index contributed by atoms with van der Waals surface area (Å²) in [6.07, 6.45) is 7.32. The van der Waals surface area contributed by atoms with E-state index in [0.717, 1.165) is 14.2 Å². The third-order valence-electron chi connectivity index (χ3n) is 2.75. The minimum atomic E-state index is 0. The Hall–Kier alpha value is 0.130. The molecular formula is C12H18BrP. The molecule has 1 aliphatic carbocycles. The normalized spacial score (nSPS) is 18.3. The fraction of sp³-hybridized carbons (Fsp3) is 0.500. The summed E-state index contributed by atoms with van der Waals surface area (Å²) in [6.45, 7) is 0. The van der Waals surface area contributed by atoms with Crippen molar-refractivity contribution in [1.82, 2.24) is 0 Å². The van der Waals surface area contributed by atoms with E-state index in [1.165, 1.54) is 32.1 Å². The zero-order valence-corrected chi connectivity index (χ0v) is 11.1. The van der Waals surface area contributed by atoms with E-state index >= 15 is 0 Å². The van der Waals surface area contributed by atoms with Crippen molar-refractivity contribution in [2.45, 2.75) is 37.8 Å². The predicted molar refractivity (Wildman–Crippen MR) is 71.6 cm³/mol. The SMILES string of the molecule is Br.c1ccc(PC2CCCCC2)cc1. The molecule has 1 atom stereocenters. The van der Waals surface area contributed by atoms with Crippen LogP contribution in [-0.4, -0.2) is 5.66 Å².